The van der Waals surface area contributed by atoms with Crippen molar-refractivity contribution in [1.82, 2.24) is 10.6 Å². The van der Waals surface area contributed by atoms with Crippen LogP contribution >= 0.6 is 0 Å². The Morgan fingerprint density at radius 1 is 0.821 bits per heavy atom. The van der Waals surface area contributed by atoms with Crippen molar-refractivity contribution < 1.29 is 28.5 Å². The predicted octanol–water partition coefficient (Wildman–Crippen LogP) is 1.82. The molecule has 0 aromatic heterocycles. The van der Waals surface area contributed by atoms with Crippen LogP contribution in [0.1, 0.15) is 53.4 Å². The Kier molecular flexibility index (Phi) is 11.6. The number of hydrogen-bond acceptors (Lipinski definition) is 6. The van der Waals surface area contributed by atoms with Gasteiger partial charge < -0.3 is 29.6 Å². The largest absolute Gasteiger partial charge is 0.355 e. The molecule has 8 nitrogen and oxygen atoms in total. The van der Waals surface area contributed by atoms with Crippen molar-refractivity contribution in [2.24, 2.45) is 11.8 Å². The second-order valence-corrected chi connectivity index (χ2v) is 8.19. The summed E-state index contributed by atoms with van der Waals surface area (Å²) in [6.07, 6.45) is 0.346. The van der Waals surface area contributed by atoms with Gasteiger partial charge in [0.1, 0.15) is 0 Å². The molecule has 0 aliphatic carbocycles. The summed E-state index contributed by atoms with van der Waals surface area (Å²) in [5.74, 6) is 0.444. The molecule has 1 aliphatic heterocycles. The van der Waals surface area contributed by atoms with Crippen LogP contribution in [0.25, 0.3) is 0 Å². The number of carbonyl (C=O) groups is 2. The summed E-state index contributed by atoms with van der Waals surface area (Å²) in [7, 11) is 3.02. The van der Waals surface area contributed by atoms with E-state index in [1.807, 2.05) is 0 Å². The van der Waals surface area contributed by atoms with E-state index in [0.29, 0.717) is 11.8 Å². The maximum absolute atomic E-state index is 12.4. The second kappa shape index (κ2) is 13.1. The minimum atomic E-state index is -0.665. The molecule has 0 spiro atoms. The second-order valence-electron chi connectivity index (χ2n) is 8.19. The van der Waals surface area contributed by atoms with E-state index in [2.05, 4.69) is 38.3 Å². The summed E-state index contributed by atoms with van der Waals surface area (Å²) in [6.45, 7) is 8.85. The van der Waals surface area contributed by atoms with E-state index in [-0.39, 0.29) is 50.0 Å². The highest BCUT2D eigenvalue weighted by molar-refractivity contribution is 5.77. The first kappa shape index (κ1) is 24.8. The molecule has 1 fully saturated rings. The average molecular weight is 403 g/mol. The molecule has 1 aliphatic rings. The first-order valence-electron chi connectivity index (χ1n) is 10.1. The van der Waals surface area contributed by atoms with Crippen LogP contribution in [0.2, 0.25) is 0 Å². The number of amides is 2. The van der Waals surface area contributed by atoms with E-state index in [1.165, 1.54) is 14.2 Å². The molecule has 28 heavy (non-hydrogen) atoms. The highest BCUT2D eigenvalue weighted by Gasteiger charge is 2.24. The van der Waals surface area contributed by atoms with Gasteiger partial charge in [-0.3, -0.25) is 9.59 Å². The van der Waals surface area contributed by atoms with Crippen molar-refractivity contribution >= 4 is 11.8 Å². The lowest BCUT2D eigenvalue weighted by molar-refractivity contribution is -0.161. The fourth-order valence-electron chi connectivity index (χ4n) is 3.22. The van der Waals surface area contributed by atoms with Gasteiger partial charge in [-0.2, -0.15) is 0 Å². The molecule has 8 heteroatoms. The molecule has 2 N–H and O–H groups in total. The summed E-state index contributed by atoms with van der Waals surface area (Å²) >= 11 is 0. The molecule has 4 unspecified atom stereocenters. The van der Waals surface area contributed by atoms with Crippen LogP contribution < -0.4 is 10.6 Å². The van der Waals surface area contributed by atoms with Crippen molar-refractivity contribution in [2.45, 2.75) is 78.0 Å². The van der Waals surface area contributed by atoms with Crippen LogP contribution in [0, 0.1) is 11.8 Å². The summed E-state index contributed by atoms with van der Waals surface area (Å²) in [4.78, 5) is 24.9. The lowest BCUT2D eigenvalue weighted by Crippen LogP contribution is -2.45. The molecule has 1 saturated heterocycles. The summed E-state index contributed by atoms with van der Waals surface area (Å²) < 4.78 is 22.2. The van der Waals surface area contributed by atoms with Gasteiger partial charge in [-0.25, -0.2) is 0 Å². The maximum Gasteiger partial charge on any atom is 0.225 e. The highest BCUT2D eigenvalue weighted by atomic mass is 16.7. The van der Waals surface area contributed by atoms with Crippen molar-refractivity contribution in [2.75, 3.05) is 27.4 Å². The number of ether oxygens (including phenoxy) is 4. The third-order valence-electron chi connectivity index (χ3n) is 4.44. The van der Waals surface area contributed by atoms with Crippen LogP contribution in [0.4, 0.5) is 0 Å². The van der Waals surface area contributed by atoms with Crippen molar-refractivity contribution in [3.63, 3.8) is 0 Å². The third kappa shape index (κ3) is 10.4. The quantitative estimate of drug-likeness (QED) is 0.704. The summed E-state index contributed by atoms with van der Waals surface area (Å²) in [5.41, 5.74) is 0. The zero-order valence-corrected chi connectivity index (χ0v) is 18.2. The normalized spacial score (nSPS) is 28.7. The van der Waals surface area contributed by atoms with Crippen LogP contribution in [0.3, 0.4) is 0 Å². The van der Waals surface area contributed by atoms with Crippen LogP contribution in [-0.4, -0.2) is 63.9 Å². The van der Waals surface area contributed by atoms with E-state index in [9.17, 15) is 9.59 Å². The summed E-state index contributed by atoms with van der Waals surface area (Å²) in [5, 5.41) is 5.97. The SMILES string of the molecule is COC1CC(=O)NC(CC(C)C)COC(OC)CC(=O)NC(CC(C)C)CO1. The smallest absolute Gasteiger partial charge is 0.225 e. The van der Waals surface area contributed by atoms with Gasteiger partial charge in [0.15, 0.2) is 12.6 Å². The van der Waals surface area contributed by atoms with Crippen molar-refractivity contribution in [3.05, 3.63) is 0 Å². The van der Waals surface area contributed by atoms with Gasteiger partial charge >= 0.3 is 0 Å². The zero-order chi connectivity index (χ0) is 21.1. The fourth-order valence-corrected chi connectivity index (χ4v) is 3.22. The number of methoxy groups -OCH3 is 2. The predicted molar refractivity (Wildman–Crippen MR) is 106 cm³/mol. The van der Waals surface area contributed by atoms with Gasteiger partial charge in [-0.05, 0) is 24.7 Å². The molecule has 0 aromatic carbocycles. The van der Waals surface area contributed by atoms with Gasteiger partial charge in [0.25, 0.3) is 0 Å². The lowest BCUT2D eigenvalue weighted by Gasteiger charge is -2.27. The Morgan fingerprint density at radius 2 is 1.18 bits per heavy atom. The third-order valence-corrected chi connectivity index (χ3v) is 4.44. The number of hydrogen-bond donors (Lipinski definition) is 2. The monoisotopic (exact) mass is 402 g/mol. The molecular formula is C20H38N2O6. The minimum absolute atomic E-state index is 0.0845. The van der Waals surface area contributed by atoms with Gasteiger partial charge in [-0.1, -0.05) is 27.7 Å². The Labute approximate surface area is 169 Å². The minimum Gasteiger partial charge on any atom is -0.355 e. The van der Waals surface area contributed by atoms with Gasteiger partial charge in [0, 0.05) is 14.2 Å². The molecule has 4 atom stereocenters. The van der Waals surface area contributed by atoms with E-state index in [0.717, 1.165) is 12.8 Å². The molecule has 164 valence electrons. The Hall–Kier alpha value is -1.22. The van der Waals surface area contributed by atoms with Crippen molar-refractivity contribution in [3.8, 4) is 0 Å². The van der Waals surface area contributed by atoms with E-state index < -0.39 is 12.6 Å². The molecule has 0 saturated carbocycles. The summed E-state index contributed by atoms with van der Waals surface area (Å²) in [6, 6.07) is -0.357. The first-order valence-corrected chi connectivity index (χ1v) is 10.1. The van der Waals surface area contributed by atoms with Crippen molar-refractivity contribution in [1.29, 1.82) is 0 Å². The zero-order valence-electron chi connectivity index (χ0n) is 18.2. The number of rotatable bonds is 6. The molecular weight excluding hydrogens is 364 g/mol. The highest BCUT2D eigenvalue weighted by Crippen LogP contribution is 2.12. The van der Waals surface area contributed by atoms with E-state index in [4.69, 9.17) is 18.9 Å². The van der Waals surface area contributed by atoms with Crippen LogP contribution in [0.15, 0.2) is 0 Å². The van der Waals surface area contributed by atoms with Crippen LogP contribution in [0.5, 0.6) is 0 Å². The van der Waals surface area contributed by atoms with Gasteiger partial charge in [-0.15, -0.1) is 0 Å². The van der Waals surface area contributed by atoms with Gasteiger partial charge in [0.2, 0.25) is 11.8 Å². The number of nitrogens with one attached hydrogen (secondary N) is 2. The lowest BCUT2D eigenvalue weighted by atomic mass is 10.0. The van der Waals surface area contributed by atoms with Gasteiger partial charge in [0.05, 0.1) is 38.1 Å². The fraction of sp³-hybridized carbons (Fsp3) is 0.900. The molecule has 0 aromatic rings. The number of carbonyl (C=O) groups excluding carboxylic acids is 2. The van der Waals surface area contributed by atoms with E-state index in [1.54, 1.807) is 0 Å². The van der Waals surface area contributed by atoms with E-state index >= 15 is 0 Å². The Bertz CT molecular complexity index is 430. The maximum atomic E-state index is 12.4. The molecule has 1 heterocycles. The Balaban J connectivity index is 2.90. The molecule has 0 radical (unpaired) electrons. The molecule has 0 bridgehead atoms. The average Bonchev–Trinajstić information content (AvgIpc) is 2.59. The molecule has 2 amide bonds. The molecule has 1 rings (SSSR count). The van der Waals surface area contributed by atoms with Crippen LogP contribution in [-0.2, 0) is 28.5 Å². The first-order chi connectivity index (χ1) is 13.2. The topological polar surface area (TPSA) is 95.1 Å². The Morgan fingerprint density at radius 3 is 1.46 bits per heavy atom. The standard InChI is InChI=1S/C20H38N2O6/c1-13(2)7-15-11-27-19(25-5)10-18(24)22-16(8-14(3)4)12-28-20(26-6)9-17(23)21-15/h13-16,19-20H,7-12H2,1-6H3,(H,21,23)(H,22,24).